The van der Waals surface area contributed by atoms with E-state index in [9.17, 15) is 9.59 Å². The summed E-state index contributed by atoms with van der Waals surface area (Å²) in [4.78, 5) is 23.4. The molecule has 2 N–H and O–H groups in total. The van der Waals surface area contributed by atoms with Gasteiger partial charge in [0.2, 0.25) is 5.91 Å². The maximum absolute atomic E-state index is 11.8. The highest BCUT2D eigenvalue weighted by Crippen LogP contribution is 2.26. The Bertz CT molecular complexity index is 611. The molecule has 1 aromatic carbocycles. The molecule has 4 nitrogen and oxygen atoms in total. The van der Waals surface area contributed by atoms with Crippen LogP contribution in [-0.4, -0.2) is 11.8 Å². The molecule has 0 radical (unpaired) electrons. The van der Waals surface area contributed by atoms with E-state index in [-0.39, 0.29) is 11.8 Å². The standard InChI is InChI=1S/C13H11ClN2O2S/c1-8(17)15-11-5-4-9(7-10(11)14)16-13(18)12-3-2-6-19-12/h2-7H,1H3,(H,15,17)(H,16,18). The van der Waals surface area contributed by atoms with E-state index in [1.54, 1.807) is 24.3 Å². The molecule has 6 heteroatoms. The molecule has 0 aliphatic heterocycles. The predicted octanol–water partition coefficient (Wildman–Crippen LogP) is 3.61. The summed E-state index contributed by atoms with van der Waals surface area (Å²) < 4.78 is 0. The van der Waals surface area contributed by atoms with Gasteiger partial charge >= 0.3 is 0 Å². The van der Waals surface area contributed by atoms with E-state index in [0.717, 1.165) is 0 Å². The third-order valence-corrected chi connectivity index (χ3v) is 3.46. The summed E-state index contributed by atoms with van der Waals surface area (Å²) in [7, 11) is 0. The van der Waals surface area contributed by atoms with Crippen molar-refractivity contribution >= 4 is 46.1 Å². The predicted molar refractivity (Wildman–Crippen MR) is 78.0 cm³/mol. The van der Waals surface area contributed by atoms with Crippen molar-refractivity contribution in [3.63, 3.8) is 0 Å². The Balaban J connectivity index is 2.12. The number of halogens is 1. The van der Waals surface area contributed by atoms with Crippen LogP contribution in [0, 0.1) is 0 Å². The average Bonchev–Trinajstić information content (AvgIpc) is 2.86. The van der Waals surface area contributed by atoms with Crippen LogP contribution in [0.5, 0.6) is 0 Å². The molecule has 0 atom stereocenters. The first-order valence-electron chi connectivity index (χ1n) is 5.48. The third kappa shape index (κ3) is 3.56. The van der Waals surface area contributed by atoms with Crippen molar-refractivity contribution in [1.82, 2.24) is 0 Å². The zero-order chi connectivity index (χ0) is 13.8. The van der Waals surface area contributed by atoms with Crippen molar-refractivity contribution in [2.45, 2.75) is 6.92 Å². The van der Waals surface area contributed by atoms with E-state index in [2.05, 4.69) is 10.6 Å². The van der Waals surface area contributed by atoms with Crippen LogP contribution in [-0.2, 0) is 4.79 Å². The third-order valence-electron chi connectivity index (χ3n) is 2.28. The second-order valence-corrected chi connectivity index (χ2v) is 5.16. The van der Waals surface area contributed by atoms with Gasteiger partial charge in [-0.25, -0.2) is 0 Å². The van der Waals surface area contributed by atoms with Gasteiger partial charge < -0.3 is 10.6 Å². The first-order chi connectivity index (χ1) is 9.06. The molecule has 0 bridgehead atoms. The number of thiophene rings is 1. The summed E-state index contributed by atoms with van der Waals surface area (Å²) in [5.41, 5.74) is 1.10. The minimum absolute atomic E-state index is 0.182. The molecule has 0 fully saturated rings. The highest BCUT2D eigenvalue weighted by atomic mass is 35.5. The van der Waals surface area contributed by atoms with Crippen molar-refractivity contribution in [2.24, 2.45) is 0 Å². The first kappa shape index (κ1) is 13.6. The molecule has 2 aromatic rings. The van der Waals surface area contributed by atoms with Gasteiger partial charge in [-0.3, -0.25) is 9.59 Å². The zero-order valence-electron chi connectivity index (χ0n) is 10.1. The fraction of sp³-hybridized carbons (Fsp3) is 0.0769. The molecule has 0 unspecified atom stereocenters. The quantitative estimate of drug-likeness (QED) is 0.908. The molecule has 0 spiro atoms. The van der Waals surface area contributed by atoms with Crippen molar-refractivity contribution in [2.75, 3.05) is 10.6 Å². The Labute approximate surface area is 119 Å². The van der Waals surface area contributed by atoms with Crippen molar-refractivity contribution in [3.05, 3.63) is 45.6 Å². The maximum Gasteiger partial charge on any atom is 0.265 e. The topological polar surface area (TPSA) is 58.2 Å². The fourth-order valence-corrected chi connectivity index (χ4v) is 2.33. The number of anilines is 2. The van der Waals surface area contributed by atoms with E-state index >= 15 is 0 Å². The van der Waals surface area contributed by atoms with Crippen molar-refractivity contribution in [3.8, 4) is 0 Å². The number of hydrogen-bond donors (Lipinski definition) is 2. The Morgan fingerprint density at radius 2 is 2.00 bits per heavy atom. The van der Waals surface area contributed by atoms with Crippen LogP contribution >= 0.6 is 22.9 Å². The monoisotopic (exact) mass is 294 g/mol. The van der Waals surface area contributed by atoms with Gasteiger partial charge in [0.05, 0.1) is 15.6 Å². The number of rotatable bonds is 3. The number of carbonyl (C=O) groups excluding carboxylic acids is 2. The number of carbonyl (C=O) groups is 2. The van der Waals surface area contributed by atoms with Crippen LogP contribution in [0.15, 0.2) is 35.7 Å². The SMILES string of the molecule is CC(=O)Nc1ccc(NC(=O)c2cccs2)cc1Cl. The highest BCUT2D eigenvalue weighted by molar-refractivity contribution is 7.12. The van der Waals surface area contributed by atoms with Crippen LogP contribution in [0.25, 0.3) is 0 Å². The second-order valence-electron chi connectivity index (χ2n) is 3.81. The number of hydrogen-bond acceptors (Lipinski definition) is 3. The van der Waals surface area contributed by atoms with Gasteiger partial charge in [0, 0.05) is 12.6 Å². The Hall–Kier alpha value is -1.85. The Morgan fingerprint density at radius 3 is 2.58 bits per heavy atom. The van der Waals surface area contributed by atoms with E-state index < -0.39 is 0 Å². The van der Waals surface area contributed by atoms with Crippen molar-refractivity contribution < 1.29 is 9.59 Å². The lowest BCUT2D eigenvalue weighted by Crippen LogP contribution is -2.10. The van der Waals surface area contributed by atoms with Gasteiger partial charge in [-0.05, 0) is 29.6 Å². The summed E-state index contributed by atoms with van der Waals surface area (Å²) >= 11 is 7.38. The molecule has 2 rings (SSSR count). The van der Waals surface area contributed by atoms with Crippen LogP contribution in [0.2, 0.25) is 5.02 Å². The Morgan fingerprint density at radius 1 is 1.21 bits per heavy atom. The van der Waals surface area contributed by atoms with Gasteiger partial charge in [-0.1, -0.05) is 17.7 Å². The molecular formula is C13H11ClN2O2S. The van der Waals surface area contributed by atoms with E-state index in [1.165, 1.54) is 18.3 Å². The molecule has 19 heavy (non-hydrogen) atoms. The fourth-order valence-electron chi connectivity index (χ4n) is 1.48. The summed E-state index contributed by atoms with van der Waals surface area (Å²) in [6.07, 6.45) is 0. The lowest BCUT2D eigenvalue weighted by molar-refractivity contribution is -0.114. The zero-order valence-corrected chi connectivity index (χ0v) is 11.6. The molecular weight excluding hydrogens is 284 g/mol. The largest absolute Gasteiger partial charge is 0.325 e. The molecule has 1 aromatic heterocycles. The summed E-state index contributed by atoms with van der Waals surface area (Å²) in [6, 6.07) is 8.48. The molecule has 0 aliphatic rings. The minimum atomic E-state index is -0.197. The normalized spacial score (nSPS) is 10.0. The second kappa shape index (κ2) is 5.86. The average molecular weight is 295 g/mol. The molecule has 0 aliphatic carbocycles. The van der Waals surface area contributed by atoms with Gasteiger partial charge in [-0.2, -0.15) is 0 Å². The smallest absolute Gasteiger partial charge is 0.265 e. The van der Waals surface area contributed by atoms with Gasteiger partial charge in [0.1, 0.15) is 0 Å². The van der Waals surface area contributed by atoms with Crippen LogP contribution < -0.4 is 10.6 Å². The van der Waals surface area contributed by atoms with Crippen LogP contribution in [0.1, 0.15) is 16.6 Å². The van der Waals surface area contributed by atoms with Gasteiger partial charge in [-0.15, -0.1) is 11.3 Å². The lowest BCUT2D eigenvalue weighted by Gasteiger charge is -2.08. The molecule has 0 saturated heterocycles. The van der Waals surface area contributed by atoms with Gasteiger partial charge in [0.15, 0.2) is 0 Å². The molecule has 0 saturated carbocycles. The van der Waals surface area contributed by atoms with E-state index in [0.29, 0.717) is 21.3 Å². The van der Waals surface area contributed by atoms with Crippen molar-refractivity contribution in [1.29, 1.82) is 0 Å². The number of nitrogens with one attached hydrogen (secondary N) is 2. The summed E-state index contributed by atoms with van der Waals surface area (Å²) in [6.45, 7) is 1.41. The highest BCUT2D eigenvalue weighted by Gasteiger charge is 2.08. The lowest BCUT2D eigenvalue weighted by atomic mass is 10.2. The van der Waals surface area contributed by atoms with Crippen LogP contribution in [0.4, 0.5) is 11.4 Å². The molecule has 1 heterocycles. The first-order valence-corrected chi connectivity index (χ1v) is 6.74. The van der Waals surface area contributed by atoms with Gasteiger partial charge in [0.25, 0.3) is 5.91 Å². The minimum Gasteiger partial charge on any atom is -0.325 e. The van der Waals surface area contributed by atoms with E-state index in [4.69, 9.17) is 11.6 Å². The van der Waals surface area contributed by atoms with Crippen LogP contribution in [0.3, 0.4) is 0 Å². The number of benzene rings is 1. The number of amides is 2. The maximum atomic E-state index is 11.8. The molecule has 98 valence electrons. The summed E-state index contributed by atoms with van der Waals surface area (Å²) in [5, 5.41) is 7.55. The molecule has 2 amide bonds. The summed E-state index contributed by atoms with van der Waals surface area (Å²) in [5.74, 6) is -0.379. The Kier molecular flexibility index (Phi) is 4.19. The van der Waals surface area contributed by atoms with E-state index in [1.807, 2.05) is 11.4 Å².